The van der Waals surface area contributed by atoms with Crippen molar-refractivity contribution in [1.82, 2.24) is 9.88 Å². The lowest BCUT2D eigenvalue weighted by Gasteiger charge is -2.22. The third-order valence-electron chi connectivity index (χ3n) is 3.13. The van der Waals surface area contributed by atoms with E-state index in [0.29, 0.717) is 5.92 Å². The van der Waals surface area contributed by atoms with Crippen LogP contribution in [-0.4, -0.2) is 28.1 Å². The lowest BCUT2D eigenvalue weighted by molar-refractivity contribution is 0.0154. The van der Waals surface area contributed by atoms with Crippen LogP contribution in [0, 0.1) is 0 Å². The van der Waals surface area contributed by atoms with Gasteiger partial charge in [0.15, 0.2) is 6.23 Å². The van der Waals surface area contributed by atoms with E-state index >= 15 is 0 Å². The standard InChI is InChI=1S/C13H20N2O/c1-10(2)11-6-5-7-12(14-11)13(16)15-8-3-4-9-15/h5-7,10,13,16H,3-4,8-9H2,1-2H3. The van der Waals surface area contributed by atoms with Crippen LogP contribution in [0.2, 0.25) is 0 Å². The molecule has 1 saturated heterocycles. The lowest BCUT2D eigenvalue weighted by atomic mass is 10.1. The Hall–Kier alpha value is -0.930. The van der Waals surface area contributed by atoms with Gasteiger partial charge in [0.2, 0.25) is 0 Å². The van der Waals surface area contributed by atoms with Crippen molar-refractivity contribution in [3.8, 4) is 0 Å². The minimum atomic E-state index is -0.527. The monoisotopic (exact) mass is 220 g/mol. The average Bonchev–Trinajstić information content (AvgIpc) is 2.81. The molecule has 0 amide bonds. The van der Waals surface area contributed by atoms with Crippen LogP contribution < -0.4 is 0 Å². The van der Waals surface area contributed by atoms with Gasteiger partial charge in [0.1, 0.15) is 0 Å². The smallest absolute Gasteiger partial charge is 0.150 e. The lowest BCUT2D eigenvalue weighted by Crippen LogP contribution is -2.26. The van der Waals surface area contributed by atoms with Gasteiger partial charge in [-0.25, -0.2) is 0 Å². The molecule has 2 rings (SSSR count). The highest BCUT2D eigenvalue weighted by molar-refractivity contribution is 5.15. The van der Waals surface area contributed by atoms with Crippen molar-refractivity contribution in [2.45, 2.75) is 38.8 Å². The van der Waals surface area contributed by atoms with E-state index in [1.807, 2.05) is 18.2 Å². The number of likely N-dealkylation sites (tertiary alicyclic amines) is 1. The fourth-order valence-corrected chi connectivity index (χ4v) is 2.11. The van der Waals surface area contributed by atoms with Crippen LogP contribution >= 0.6 is 0 Å². The maximum absolute atomic E-state index is 10.2. The zero-order chi connectivity index (χ0) is 11.5. The first-order valence-corrected chi connectivity index (χ1v) is 6.07. The van der Waals surface area contributed by atoms with Crippen LogP contribution in [0.4, 0.5) is 0 Å². The third-order valence-corrected chi connectivity index (χ3v) is 3.13. The van der Waals surface area contributed by atoms with E-state index in [9.17, 15) is 5.11 Å². The first-order valence-electron chi connectivity index (χ1n) is 6.07. The zero-order valence-corrected chi connectivity index (χ0v) is 10.1. The molecule has 1 aliphatic rings. The molecule has 1 aromatic rings. The van der Waals surface area contributed by atoms with E-state index in [2.05, 4.69) is 23.7 Å². The van der Waals surface area contributed by atoms with Crippen molar-refractivity contribution in [2.75, 3.05) is 13.1 Å². The molecule has 0 spiro atoms. The Bertz CT molecular complexity index is 346. The summed E-state index contributed by atoms with van der Waals surface area (Å²) < 4.78 is 0. The SMILES string of the molecule is CC(C)c1cccc(C(O)N2CCCC2)n1. The number of hydrogen-bond donors (Lipinski definition) is 1. The molecular formula is C13H20N2O. The molecule has 0 aliphatic carbocycles. The summed E-state index contributed by atoms with van der Waals surface area (Å²) in [7, 11) is 0. The van der Waals surface area contributed by atoms with Crippen molar-refractivity contribution >= 4 is 0 Å². The Labute approximate surface area is 97.1 Å². The topological polar surface area (TPSA) is 36.4 Å². The second-order valence-electron chi connectivity index (χ2n) is 4.76. The Morgan fingerprint density at radius 3 is 2.44 bits per heavy atom. The van der Waals surface area contributed by atoms with E-state index in [-0.39, 0.29) is 0 Å². The Kier molecular flexibility index (Phi) is 3.56. The first kappa shape index (κ1) is 11.6. The highest BCUT2D eigenvalue weighted by Gasteiger charge is 2.22. The van der Waals surface area contributed by atoms with Gasteiger partial charge in [0.25, 0.3) is 0 Å². The Balaban J connectivity index is 2.15. The maximum Gasteiger partial charge on any atom is 0.150 e. The van der Waals surface area contributed by atoms with E-state index in [4.69, 9.17) is 0 Å². The van der Waals surface area contributed by atoms with Crippen LogP contribution in [0.1, 0.15) is 50.2 Å². The van der Waals surface area contributed by atoms with E-state index in [0.717, 1.165) is 24.5 Å². The summed E-state index contributed by atoms with van der Waals surface area (Å²) in [5.74, 6) is 0.408. The van der Waals surface area contributed by atoms with Crippen molar-refractivity contribution in [2.24, 2.45) is 0 Å². The number of rotatable bonds is 3. The van der Waals surface area contributed by atoms with Gasteiger partial charge in [-0.15, -0.1) is 0 Å². The molecule has 1 fully saturated rings. The summed E-state index contributed by atoms with van der Waals surface area (Å²) in [6.45, 7) is 6.20. The molecule has 0 saturated carbocycles. The molecule has 88 valence electrons. The summed E-state index contributed by atoms with van der Waals surface area (Å²) in [4.78, 5) is 6.61. The van der Waals surface area contributed by atoms with Crippen LogP contribution in [0.3, 0.4) is 0 Å². The molecule has 2 heterocycles. The van der Waals surface area contributed by atoms with Crippen molar-refractivity contribution in [3.05, 3.63) is 29.6 Å². The summed E-state index contributed by atoms with van der Waals surface area (Å²) in [5, 5.41) is 10.2. The highest BCUT2D eigenvalue weighted by Crippen LogP contribution is 2.22. The highest BCUT2D eigenvalue weighted by atomic mass is 16.3. The molecule has 16 heavy (non-hydrogen) atoms. The van der Waals surface area contributed by atoms with Crippen molar-refractivity contribution < 1.29 is 5.11 Å². The van der Waals surface area contributed by atoms with Gasteiger partial charge in [-0.05, 0) is 30.9 Å². The summed E-state index contributed by atoms with van der Waals surface area (Å²) in [6.07, 6.45) is 1.84. The quantitative estimate of drug-likeness (QED) is 0.849. The van der Waals surface area contributed by atoms with Crippen LogP contribution in [0.5, 0.6) is 0 Å². The molecule has 1 N–H and O–H groups in total. The summed E-state index contributed by atoms with van der Waals surface area (Å²) in [6, 6.07) is 5.91. The van der Waals surface area contributed by atoms with E-state index in [1.54, 1.807) is 0 Å². The third kappa shape index (κ3) is 2.42. The van der Waals surface area contributed by atoms with Gasteiger partial charge in [0, 0.05) is 18.8 Å². The maximum atomic E-state index is 10.2. The van der Waals surface area contributed by atoms with Crippen molar-refractivity contribution in [1.29, 1.82) is 0 Å². The predicted molar refractivity (Wildman–Crippen MR) is 64.1 cm³/mol. The molecular weight excluding hydrogens is 200 g/mol. The Morgan fingerprint density at radius 2 is 1.81 bits per heavy atom. The van der Waals surface area contributed by atoms with Gasteiger partial charge < -0.3 is 5.11 Å². The largest absolute Gasteiger partial charge is 0.372 e. The first-order chi connectivity index (χ1) is 7.68. The summed E-state index contributed by atoms with van der Waals surface area (Å²) in [5.41, 5.74) is 1.84. The number of hydrogen-bond acceptors (Lipinski definition) is 3. The average molecular weight is 220 g/mol. The van der Waals surface area contributed by atoms with Crippen LogP contribution in [-0.2, 0) is 0 Å². The van der Waals surface area contributed by atoms with Gasteiger partial charge >= 0.3 is 0 Å². The predicted octanol–water partition coefficient (Wildman–Crippen LogP) is 2.29. The molecule has 1 aliphatic heterocycles. The van der Waals surface area contributed by atoms with E-state index < -0.39 is 6.23 Å². The normalized spacial score (nSPS) is 19.2. The second-order valence-corrected chi connectivity index (χ2v) is 4.76. The van der Waals surface area contributed by atoms with Crippen molar-refractivity contribution in [3.63, 3.8) is 0 Å². The molecule has 0 radical (unpaired) electrons. The zero-order valence-electron chi connectivity index (χ0n) is 10.1. The van der Waals surface area contributed by atoms with Gasteiger partial charge in [-0.3, -0.25) is 9.88 Å². The molecule has 0 bridgehead atoms. The number of aliphatic hydroxyl groups excluding tert-OH is 1. The van der Waals surface area contributed by atoms with E-state index in [1.165, 1.54) is 12.8 Å². The van der Waals surface area contributed by atoms with Gasteiger partial charge in [0.05, 0.1) is 5.69 Å². The Morgan fingerprint density at radius 1 is 1.19 bits per heavy atom. The fourth-order valence-electron chi connectivity index (χ4n) is 2.11. The van der Waals surface area contributed by atoms with Crippen LogP contribution in [0.25, 0.3) is 0 Å². The molecule has 0 aromatic carbocycles. The molecule has 1 aromatic heterocycles. The minimum Gasteiger partial charge on any atom is -0.372 e. The second kappa shape index (κ2) is 4.93. The number of aromatic nitrogens is 1. The number of pyridine rings is 1. The van der Waals surface area contributed by atoms with Gasteiger partial charge in [-0.2, -0.15) is 0 Å². The van der Waals surface area contributed by atoms with Gasteiger partial charge in [-0.1, -0.05) is 19.9 Å². The minimum absolute atomic E-state index is 0.408. The number of nitrogens with zero attached hydrogens (tertiary/aromatic N) is 2. The molecule has 3 nitrogen and oxygen atoms in total. The van der Waals surface area contributed by atoms with Crippen LogP contribution in [0.15, 0.2) is 18.2 Å². The molecule has 3 heteroatoms. The number of aliphatic hydroxyl groups is 1. The molecule has 1 unspecified atom stereocenters. The molecule has 1 atom stereocenters. The fraction of sp³-hybridized carbons (Fsp3) is 0.615. The summed E-state index contributed by atoms with van der Waals surface area (Å²) >= 11 is 0.